The molecule has 0 N–H and O–H groups in total. The molecule has 0 radical (unpaired) electrons. The van der Waals surface area contributed by atoms with Gasteiger partial charge in [0.1, 0.15) is 11.6 Å². The van der Waals surface area contributed by atoms with E-state index in [0.717, 1.165) is 5.56 Å². The monoisotopic (exact) mass is 355 g/mol. The number of ether oxygens (including phenoxy) is 1. The van der Waals surface area contributed by atoms with Gasteiger partial charge in [-0.1, -0.05) is 42.3 Å². The Morgan fingerprint density at radius 3 is 2.61 bits per heavy atom. The van der Waals surface area contributed by atoms with Crippen LogP contribution in [0.5, 0.6) is 5.75 Å². The van der Waals surface area contributed by atoms with Crippen molar-refractivity contribution in [2.75, 3.05) is 7.11 Å². The van der Waals surface area contributed by atoms with E-state index in [1.54, 1.807) is 6.07 Å². The first-order valence-electron chi connectivity index (χ1n) is 7.18. The van der Waals surface area contributed by atoms with E-state index < -0.39 is 5.83 Å². The molecule has 0 amide bonds. The predicted molar refractivity (Wildman–Crippen MR) is 98.5 cm³/mol. The quantitative estimate of drug-likeness (QED) is 0.314. The van der Waals surface area contributed by atoms with Crippen LogP contribution in [0, 0.1) is 0 Å². The number of hydrogen-bond donors (Lipinski definition) is 0. The van der Waals surface area contributed by atoms with E-state index in [2.05, 4.69) is 11.7 Å². The molecule has 0 spiro atoms. The van der Waals surface area contributed by atoms with Crippen molar-refractivity contribution in [1.29, 1.82) is 0 Å². The van der Waals surface area contributed by atoms with Crippen molar-refractivity contribution in [3.63, 3.8) is 0 Å². The molecule has 0 bridgehead atoms. The van der Waals surface area contributed by atoms with Crippen LogP contribution in [0.4, 0.5) is 4.39 Å². The zero-order chi connectivity index (χ0) is 17.4. The summed E-state index contributed by atoms with van der Waals surface area (Å²) >= 11 is 12.6. The van der Waals surface area contributed by atoms with Crippen LogP contribution >= 0.6 is 23.2 Å². The molecule has 0 unspecified atom stereocenters. The normalized spacial score (nSPS) is 12.8. The second-order valence-electron chi connectivity index (χ2n) is 4.74. The Kier molecular flexibility index (Phi) is 8.07. The van der Waals surface area contributed by atoms with Crippen LogP contribution in [0.2, 0.25) is 10.0 Å². The van der Waals surface area contributed by atoms with Crippen LogP contribution in [-0.2, 0) is 6.42 Å². The highest BCUT2D eigenvalue weighted by atomic mass is 35.5. The van der Waals surface area contributed by atoms with Crippen LogP contribution in [0.15, 0.2) is 40.8 Å². The number of benzene rings is 1. The lowest BCUT2D eigenvalue weighted by molar-refractivity contribution is 0.414. The third-order valence-corrected chi connectivity index (χ3v) is 4.11. The van der Waals surface area contributed by atoms with Crippen molar-refractivity contribution in [3.05, 3.63) is 57.0 Å². The summed E-state index contributed by atoms with van der Waals surface area (Å²) in [5, 5.41) is 0.701. The molecule has 0 aliphatic carbocycles. The molecule has 0 fully saturated rings. The Morgan fingerprint density at radius 1 is 1.39 bits per heavy atom. The minimum atomic E-state index is -0.463. The van der Waals surface area contributed by atoms with Gasteiger partial charge < -0.3 is 4.74 Å². The minimum absolute atomic E-state index is 0.279. The Bertz CT molecular complexity index is 635. The van der Waals surface area contributed by atoms with Gasteiger partial charge in [-0.05, 0) is 44.2 Å². The second kappa shape index (κ2) is 9.53. The van der Waals surface area contributed by atoms with Gasteiger partial charge in [-0.3, -0.25) is 4.99 Å². The van der Waals surface area contributed by atoms with Gasteiger partial charge in [-0.15, -0.1) is 0 Å². The molecule has 5 heteroatoms. The molecule has 0 saturated carbocycles. The molecule has 1 rings (SSSR count). The summed E-state index contributed by atoms with van der Waals surface area (Å²) in [5.41, 5.74) is 1.64. The molecule has 124 valence electrons. The van der Waals surface area contributed by atoms with Crippen molar-refractivity contribution in [3.8, 4) is 5.75 Å². The van der Waals surface area contributed by atoms with Gasteiger partial charge in [0.05, 0.1) is 17.2 Å². The van der Waals surface area contributed by atoms with E-state index in [1.807, 2.05) is 26.0 Å². The van der Waals surface area contributed by atoms with E-state index in [1.165, 1.54) is 19.4 Å². The molecular weight excluding hydrogens is 336 g/mol. The molecule has 1 aromatic rings. The third kappa shape index (κ3) is 4.95. The van der Waals surface area contributed by atoms with Crippen molar-refractivity contribution in [2.24, 2.45) is 4.99 Å². The highest BCUT2D eigenvalue weighted by molar-refractivity contribution is 6.38. The highest BCUT2D eigenvalue weighted by Gasteiger charge is 2.15. The minimum Gasteiger partial charge on any atom is -0.495 e. The molecule has 1 aromatic carbocycles. The van der Waals surface area contributed by atoms with Crippen LogP contribution in [0.1, 0.15) is 31.4 Å². The topological polar surface area (TPSA) is 21.6 Å². The lowest BCUT2D eigenvalue weighted by Crippen LogP contribution is -1.94. The first-order chi connectivity index (χ1) is 11.0. The van der Waals surface area contributed by atoms with Crippen LogP contribution < -0.4 is 4.74 Å². The van der Waals surface area contributed by atoms with E-state index >= 15 is 0 Å². The maximum absolute atomic E-state index is 14.6. The highest BCUT2D eigenvalue weighted by Crippen LogP contribution is 2.38. The number of aliphatic imine (C=N–C) groups is 1. The fraction of sp³-hybridized carbons (Fsp3) is 0.278. The summed E-state index contributed by atoms with van der Waals surface area (Å²) in [7, 11) is 1.51. The zero-order valence-corrected chi connectivity index (χ0v) is 15.0. The molecule has 0 aliphatic rings. The molecule has 0 saturated heterocycles. The Labute approximate surface area is 147 Å². The van der Waals surface area contributed by atoms with Gasteiger partial charge >= 0.3 is 0 Å². The summed E-state index contributed by atoms with van der Waals surface area (Å²) in [6, 6.07) is 1.77. The average molecular weight is 356 g/mol. The standard InChI is InChI=1S/C18H20Cl2FNO/c1-5-7-8-13(11-22-3)15(21)10-14-17(19)12(6-2)9-16(23-4)18(14)20/h5,7,9-11H,3,6,8H2,1-2,4H3/b7-5-,13-11+,15-10-. The van der Waals surface area contributed by atoms with Crippen LogP contribution in [-0.4, -0.2) is 13.8 Å². The van der Waals surface area contributed by atoms with E-state index in [9.17, 15) is 4.39 Å². The molecular formula is C18H20Cl2FNO. The van der Waals surface area contributed by atoms with E-state index in [0.29, 0.717) is 34.8 Å². The zero-order valence-electron chi connectivity index (χ0n) is 13.5. The van der Waals surface area contributed by atoms with Crippen molar-refractivity contribution >= 4 is 36.0 Å². The van der Waals surface area contributed by atoms with Crippen molar-refractivity contribution < 1.29 is 9.13 Å². The van der Waals surface area contributed by atoms with Gasteiger partial charge in [0.25, 0.3) is 0 Å². The number of aryl methyl sites for hydroxylation is 1. The van der Waals surface area contributed by atoms with E-state index in [4.69, 9.17) is 27.9 Å². The summed E-state index contributed by atoms with van der Waals surface area (Å²) in [5.74, 6) is 0.00222. The summed E-state index contributed by atoms with van der Waals surface area (Å²) in [4.78, 5) is 3.65. The first-order valence-corrected chi connectivity index (χ1v) is 7.94. The lowest BCUT2D eigenvalue weighted by Gasteiger charge is -2.12. The number of hydrogen-bond acceptors (Lipinski definition) is 2. The smallest absolute Gasteiger partial charge is 0.138 e. The molecule has 0 aromatic heterocycles. The van der Waals surface area contributed by atoms with Crippen LogP contribution in [0.3, 0.4) is 0 Å². The Balaban J connectivity index is 3.44. The molecule has 23 heavy (non-hydrogen) atoms. The second-order valence-corrected chi connectivity index (χ2v) is 5.49. The van der Waals surface area contributed by atoms with E-state index in [-0.39, 0.29) is 5.02 Å². The summed E-state index contributed by atoms with van der Waals surface area (Å²) < 4.78 is 19.8. The van der Waals surface area contributed by atoms with Crippen molar-refractivity contribution in [2.45, 2.75) is 26.7 Å². The van der Waals surface area contributed by atoms with Crippen molar-refractivity contribution in [1.82, 2.24) is 0 Å². The Morgan fingerprint density at radius 2 is 2.09 bits per heavy atom. The van der Waals surface area contributed by atoms with Crippen LogP contribution in [0.25, 0.3) is 6.08 Å². The predicted octanol–water partition coefficient (Wildman–Crippen LogP) is 6.43. The SMILES string of the molecule is C=N/C=C(C/C=C\C)/C(F)=C/c1c(Cl)c(CC)cc(OC)c1Cl. The lowest BCUT2D eigenvalue weighted by atomic mass is 10.0. The number of rotatable bonds is 7. The fourth-order valence-corrected chi connectivity index (χ4v) is 2.67. The fourth-order valence-electron chi connectivity index (χ4n) is 2.01. The Hall–Kier alpha value is -1.58. The number of allylic oxidation sites excluding steroid dienone is 4. The third-order valence-electron chi connectivity index (χ3n) is 3.28. The molecule has 0 aliphatic heterocycles. The summed E-state index contributed by atoms with van der Waals surface area (Å²) in [6.07, 6.45) is 7.45. The van der Waals surface area contributed by atoms with Gasteiger partial charge in [0, 0.05) is 17.3 Å². The van der Waals surface area contributed by atoms with Gasteiger partial charge in [0.15, 0.2) is 0 Å². The number of methoxy groups -OCH3 is 1. The van der Waals surface area contributed by atoms with Gasteiger partial charge in [0.2, 0.25) is 0 Å². The average Bonchev–Trinajstić information content (AvgIpc) is 2.55. The van der Waals surface area contributed by atoms with Gasteiger partial charge in [-0.25, -0.2) is 4.39 Å². The number of nitrogens with zero attached hydrogens (tertiary/aromatic N) is 1. The molecule has 2 nitrogen and oxygen atoms in total. The first kappa shape index (κ1) is 19.5. The maximum Gasteiger partial charge on any atom is 0.138 e. The number of halogens is 3. The summed E-state index contributed by atoms with van der Waals surface area (Å²) in [6.45, 7) is 7.19. The maximum atomic E-state index is 14.6. The van der Waals surface area contributed by atoms with Gasteiger partial charge in [-0.2, -0.15) is 0 Å². The largest absolute Gasteiger partial charge is 0.495 e. The molecule has 0 atom stereocenters. The molecule has 0 heterocycles.